The number of sulfonamides is 1. The van der Waals surface area contributed by atoms with Crippen LogP contribution in [-0.4, -0.2) is 13.4 Å². The van der Waals surface area contributed by atoms with Gasteiger partial charge >= 0.3 is 0 Å². The van der Waals surface area contributed by atoms with E-state index in [0.29, 0.717) is 34.5 Å². The fourth-order valence-corrected chi connectivity index (χ4v) is 4.78. The van der Waals surface area contributed by atoms with Crippen molar-refractivity contribution in [1.29, 1.82) is 0 Å². The van der Waals surface area contributed by atoms with Crippen molar-refractivity contribution in [2.75, 3.05) is 4.72 Å². The third kappa shape index (κ3) is 2.28. The molecule has 2 aromatic rings. The normalized spacial score (nSPS) is 18.1. The third-order valence-corrected chi connectivity index (χ3v) is 5.94. The molecule has 0 amide bonds. The summed E-state index contributed by atoms with van der Waals surface area (Å²) in [7, 11) is -3.62. The van der Waals surface area contributed by atoms with Gasteiger partial charge in [0.25, 0.3) is 10.0 Å². The lowest BCUT2D eigenvalue weighted by Crippen LogP contribution is -2.22. The number of fused-ring (bicyclic) bond motifs is 5. The SMILES string of the molecule is O=S1(=O)Nc2c(cc(Br)c3cccnc23)C2=CCC#CCC=C21. The summed E-state index contributed by atoms with van der Waals surface area (Å²) >= 11 is 3.56. The molecule has 4 nitrogen and oxygen atoms in total. The quantitative estimate of drug-likeness (QED) is 0.700. The topological polar surface area (TPSA) is 59.1 Å². The zero-order chi connectivity index (χ0) is 16.0. The standard InChI is InChI=1S/C17H11BrN2O2S/c18-14-10-13-11-6-3-1-2-4-8-15(11)23(21,22)20-17(13)16-12(14)7-5-9-19-16/h5-10,20H,3-4H2. The molecule has 4 rings (SSSR count). The molecule has 2 aliphatic rings. The molecule has 0 saturated carbocycles. The van der Waals surface area contributed by atoms with E-state index in [-0.39, 0.29) is 0 Å². The van der Waals surface area contributed by atoms with Crippen LogP contribution in [0.2, 0.25) is 0 Å². The molecule has 0 fully saturated rings. The number of anilines is 1. The van der Waals surface area contributed by atoms with Crippen molar-refractivity contribution >= 4 is 48.1 Å². The monoisotopic (exact) mass is 386 g/mol. The summed E-state index contributed by atoms with van der Waals surface area (Å²) in [4.78, 5) is 4.66. The summed E-state index contributed by atoms with van der Waals surface area (Å²) in [5, 5.41) is 0.868. The van der Waals surface area contributed by atoms with Gasteiger partial charge in [-0.3, -0.25) is 9.71 Å². The first-order valence-corrected chi connectivity index (χ1v) is 9.32. The van der Waals surface area contributed by atoms with Crippen LogP contribution in [0.4, 0.5) is 5.69 Å². The second-order valence-corrected chi connectivity index (χ2v) is 7.74. The fourth-order valence-electron chi connectivity index (χ4n) is 2.86. The lowest BCUT2D eigenvalue weighted by atomic mass is 9.98. The molecule has 0 spiro atoms. The largest absolute Gasteiger partial charge is 0.277 e. The number of benzene rings is 1. The van der Waals surface area contributed by atoms with Crippen LogP contribution in [0.1, 0.15) is 18.4 Å². The average molecular weight is 387 g/mol. The van der Waals surface area contributed by atoms with Gasteiger partial charge in [0.05, 0.1) is 16.1 Å². The van der Waals surface area contributed by atoms with Crippen LogP contribution >= 0.6 is 15.9 Å². The fraction of sp³-hybridized carbons (Fsp3) is 0.118. The molecule has 2 heterocycles. The van der Waals surface area contributed by atoms with Crippen molar-refractivity contribution < 1.29 is 8.42 Å². The predicted molar refractivity (Wildman–Crippen MR) is 95.1 cm³/mol. The minimum Gasteiger partial charge on any atom is -0.277 e. The Labute approximate surface area is 142 Å². The molecule has 0 unspecified atom stereocenters. The first-order valence-electron chi connectivity index (χ1n) is 7.05. The smallest absolute Gasteiger partial charge is 0.262 e. The highest BCUT2D eigenvalue weighted by molar-refractivity contribution is 9.10. The average Bonchev–Trinajstić information content (AvgIpc) is 2.49. The van der Waals surface area contributed by atoms with Crippen LogP contribution in [0.25, 0.3) is 16.5 Å². The van der Waals surface area contributed by atoms with Crippen molar-refractivity contribution in [2.24, 2.45) is 0 Å². The molecule has 23 heavy (non-hydrogen) atoms. The molecule has 1 aromatic heterocycles. The Balaban J connectivity index is 2.12. The number of halogens is 1. The highest BCUT2D eigenvalue weighted by atomic mass is 79.9. The van der Waals surface area contributed by atoms with E-state index >= 15 is 0 Å². The van der Waals surface area contributed by atoms with Crippen LogP contribution < -0.4 is 4.72 Å². The van der Waals surface area contributed by atoms with Crippen LogP contribution in [-0.2, 0) is 10.0 Å². The van der Waals surface area contributed by atoms with Crippen LogP contribution in [0.3, 0.4) is 0 Å². The number of hydrogen-bond donors (Lipinski definition) is 1. The minimum absolute atomic E-state index is 0.293. The summed E-state index contributed by atoms with van der Waals surface area (Å²) in [6, 6.07) is 5.67. The van der Waals surface area contributed by atoms with E-state index in [9.17, 15) is 8.42 Å². The second-order valence-electron chi connectivity index (χ2n) is 5.23. The van der Waals surface area contributed by atoms with Crippen molar-refractivity contribution in [2.45, 2.75) is 12.8 Å². The van der Waals surface area contributed by atoms with Gasteiger partial charge < -0.3 is 0 Å². The van der Waals surface area contributed by atoms with E-state index in [0.717, 1.165) is 15.4 Å². The number of nitrogens with zero attached hydrogens (tertiary/aromatic N) is 1. The molecule has 0 saturated heterocycles. The Morgan fingerprint density at radius 2 is 2.00 bits per heavy atom. The number of rotatable bonds is 0. The maximum absolute atomic E-state index is 12.7. The lowest BCUT2D eigenvalue weighted by molar-refractivity contribution is 0.607. The molecule has 1 aliphatic heterocycles. The number of hydrogen-bond acceptors (Lipinski definition) is 3. The zero-order valence-corrected chi connectivity index (χ0v) is 14.3. The molecule has 1 aliphatic carbocycles. The first-order chi connectivity index (χ1) is 11.1. The number of nitrogens with one attached hydrogen (secondary N) is 1. The maximum Gasteiger partial charge on any atom is 0.262 e. The van der Waals surface area contributed by atoms with E-state index in [1.165, 1.54) is 0 Å². The Morgan fingerprint density at radius 1 is 1.22 bits per heavy atom. The van der Waals surface area contributed by atoms with E-state index in [2.05, 4.69) is 37.5 Å². The van der Waals surface area contributed by atoms with Gasteiger partial charge in [-0.1, -0.05) is 46.0 Å². The number of aromatic nitrogens is 1. The predicted octanol–water partition coefficient (Wildman–Crippen LogP) is 3.82. The van der Waals surface area contributed by atoms with Gasteiger partial charge in [-0.2, -0.15) is 0 Å². The molecule has 1 aromatic carbocycles. The van der Waals surface area contributed by atoms with Crippen LogP contribution in [0.15, 0.2) is 45.9 Å². The Kier molecular flexibility index (Phi) is 3.29. The second kappa shape index (κ2) is 5.22. The summed E-state index contributed by atoms with van der Waals surface area (Å²) < 4.78 is 28.9. The van der Waals surface area contributed by atoms with E-state index < -0.39 is 10.0 Å². The van der Waals surface area contributed by atoms with Crippen molar-refractivity contribution in [3.05, 3.63) is 51.5 Å². The molecule has 0 atom stereocenters. The van der Waals surface area contributed by atoms with Crippen molar-refractivity contribution in [3.8, 4) is 11.8 Å². The van der Waals surface area contributed by atoms with E-state index in [4.69, 9.17) is 0 Å². The highest BCUT2D eigenvalue weighted by Crippen LogP contribution is 2.44. The number of pyridine rings is 1. The van der Waals surface area contributed by atoms with Gasteiger partial charge in [-0.15, -0.1) is 0 Å². The summed E-state index contributed by atoms with van der Waals surface area (Å²) in [5.74, 6) is 5.95. The summed E-state index contributed by atoms with van der Waals surface area (Å²) in [6.07, 6.45) is 6.15. The number of allylic oxidation sites excluding steroid dienone is 3. The van der Waals surface area contributed by atoms with Gasteiger partial charge in [0.2, 0.25) is 0 Å². The highest BCUT2D eigenvalue weighted by Gasteiger charge is 2.32. The van der Waals surface area contributed by atoms with Gasteiger partial charge in [0, 0.05) is 40.0 Å². The van der Waals surface area contributed by atoms with E-state index in [1.807, 2.05) is 24.3 Å². The molecular formula is C17H11BrN2O2S. The molecule has 0 bridgehead atoms. The summed E-state index contributed by atoms with van der Waals surface area (Å²) in [6.45, 7) is 0. The molecule has 114 valence electrons. The van der Waals surface area contributed by atoms with Gasteiger partial charge in [-0.25, -0.2) is 8.42 Å². The third-order valence-electron chi connectivity index (χ3n) is 3.85. The first kappa shape index (κ1) is 14.5. The molecular weight excluding hydrogens is 376 g/mol. The molecule has 1 N–H and O–H groups in total. The minimum atomic E-state index is -3.62. The van der Waals surface area contributed by atoms with Gasteiger partial charge in [-0.05, 0) is 12.1 Å². The van der Waals surface area contributed by atoms with Crippen LogP contribution in [0.5, 0.6) is 0 Å². The lowest BCUT2D eigenvalue weighted by Gasteiger charge is -2.25. The molecule has 0 radical (unpaired) electrons. The maximum atomic E-state index is 12.7. The van der Waals surface area contributed by atoms with Crippen LogP contribution in [0, 0.1) is 11.8 Å². The Hall–Kier alpha value is -2.10. The van der Waals surface area contributed by atoms with E-state index in [1.54, 1.807) is 12.3 Å². The van der Waals surface area contributed by atoms with Gasteiger partial charge in [0.15, 0.2) is 0 Å². The van der Waals surface area contributed by atoms with Gasteiger partial charge in [0.1, 0.15) is 0 Å². The Bertz CT molecular complexity index is 1070. The van der Waals surface area contributed by atoms with Crippen molar-refractivity contribution in [3.63, 3.8) is 0 Å². The zero-order valence-electron chi connectivity index (χ0n) is 11.9. The van der Waals surface area contributed by atoms with Crippen molar-refractivity contribution in [1.82, 2.24) is 4.98 Å². The Morgan fingerprint density at radius 3 is 2.83 bits per heavy atom. The molecule has 6 heteroatoms. The summed E-state index contributed by atoms with van der Waals surface area (Å²) in [5.41, 5.74) is 2.68.